The molecule has 0 aliphatic carbocycles. The van der Waals surface area contributed by atoms with Crippen molar-refractivity contribution in [2.24, 2.45) is 0 Å². The Morgan fingerprint density at radius 1 is 1.64 bits per heavy atom. The molecule has 1 rings (SSSR count). The van der Waals surface area contributed by atoms with E-state index < -0.39 is 12.4 Å². The van der Waals surface area contributed by atoms with Crippen LogP contribution in [0.4, 0.5) is 8.78 Å². The lowest BCUT2D eigenvalue weighted by molar-refractivity contribution is -0.309. The van der Waals surface area contributed by atoms with Gasteiger partial charge in [-0.05, 0) is 0 Å². The fraction of sp³-hybridized carbons (Fsp3) is 1.00. The van der Waals surface area contributed by atoms with E-state index in [1.54, 1.807) is 0 Å². The van der Waals surface area contributed by atoms with Gasteiger partial charge >= 0.3 is 6.11 Å². The van der Waals surface area contributed by atoms with Crippen molar-refractivity contribution in [2.45, 2.75) is 19.3 Å². The van der Waals surface area contributed by atoms with Gasteiger partial charge in [-0.15, -0.1) is 0 Å². The standard InChI is InChI=1S/C6H11F2NO2/c1-6(7,8)11-5-4-9-2-3-10-5/h5,9H,2-4H2,1H3. The normalized spacial score (nSPS) is 27.0. The lowest BCUT2D eigenvalue weighted by Crippen LogP contribution is -2.42. The zero-order valence-corrected chi connectivity index (χ0v) is 6.27. The molecule has 1 aliphatic rings. The number of hydrogen-bond donors (Lipinski definition) is 1. The molecule has 1 fully saturated rings. The van der Waals surface area contributed by atoms with Crippen molar-refractivity contribution in [1.82, 2.24) is 5.32 Å². The number of hydrogen-bond acceptors (Lipinski definition) is 3. The summed E-state index contributed by atoms with van der Waals surface area (Å²) in [6.07, 6.45) is -3.92. The van der Waals surface area contributed by atoms with E-state index in [4.69, 9.17) is 4.74 Å². The van der Waals surface area contributed by atoms with E-state index in [1.807, 2.05) is 0 Å². The second-order valence-corrected chi connectivity index (χ2v) is 2.43. The smallest absolute Gasteiger partial charge is 0.350 e. The predicted octanol–water partition coefficient (Wildman–Crippen LogP) is 0.562. The highest BCUT2D eigenvalue weighted by atomic mass is 19.3. The molecule has 0 aromatic heterocycles. The van der Waals surface area contributed by atoms with Gasteiger partial charge in [0, 0.05) is 20.0 Å². The maximum absolute atomic E-state index is 12.2. The van der Waals surface area contributed by atoms with Gasteiger partial charge in [-0.2, -0.15) is 8.78 Å². The number of ether oxygens (including phenoxy) is 2. The van der Waals surface area contributed by atoms with Crippen LogP contribution in [0.15, 0.2) is 0 Å². The second kappa shape index (κ2) is 3.42. The molecule has 0 aromatic carbocycles. The first-order valence-electron chi connectivity index (χ1n) is 3.46. The molecule has 1 unspecified atom stereocenters. The Kier molecular flexibility index (Phi) is 2.75. The van der Waals surface area contributed by atoms with Gasteiger partial charge in [0.2, 0.25) is 0 Å². The molecule has 0 amide bonds. The average molecular weight is 167 g/mol. The van der Waals surface area contributed by atoms with Gasteiger partial charge in [0.15, 0.2) is 6.29 Å². The third-order valence-electron chi connectivity index (χ3n) is 1.23. The number of rotatable bonds is 2. The van der Waals surface area contributed by atoms with Crippen molar-refractivity contribution in [2.75, 3.05) is 19.7 Å². The Bertz CT molecular complexity index is 120. The Morgan fingerprint density at radius 3 is 2.82 bits per heavy atom. The van der Waals surface area contributed by atoms with Gasteiger partial charge in [-0.1, -0.05) is 0 Å². The molecule has 0 spiro atoms. The number of nitrogens with one attached hydrogen (secondary N) is 1. The SMILES string of the molecule is CC(F)(F)OC1CNCCO1. The fourth-order valence-corrected chi connectivity index (χ4v) is 0.848. The van der Waals surface area contributed by atoms with E-state index in [2.05, 4.69) is 10.1 Å². The molecule has 1 saturated heterocycles. The third kappa shape index (κ3) is 3.60. The highest BCUT2D eigenvalue weighted by Crippen LogP contribution is 2.16. The molecular formula is C6H11F2NO2. The van der Waals surface area contributed by atoms with Crippen LogP contribution in [0.25, 0.3) is 0 Å². The molecular weight excluding hydrogens is 156 g/mol. The molecule has 0 aromatic rings. The van der Waals surface area contributed by atoms with Crippen molar-refractivity contribution >= 4 is 0 Å². The second-order valence-electron chi connectivity index (χ2n) is 2.43. The minimum absolute atomic E-state index is 0.323. The van der Waals surface area contributed by atoms with Crippen molar-refractivity contribution in [1.29, 1.82) is 0 Å². The number of alkyl halides is 2. The summed E-state index contributed by atoms with van der Waals surface area (Å²) in [5, 5.41) is 2.87. The largest absolute Gasteiger partial charge is 0.355 e. The monoisotopic (exact) mass is 167 g/mol. The summed E-state index contributed by atoms with van der Waals surface area (Å²) >= 11 is 0. The van der Waals surface area contributed by atoms with Gasteiger partial charge in [-0.3, -0.25) is 4.74 Å². The molecule has 11 heavy (non-hydrogen) atoms. The van der Waals surface area contributed by atoms with Gasteiger partial charge in [0.05, 0.1) is 6.61 Å². The molecule has 5 heteroatoms. The molecule has 1 atom stereocenters. The third-order valence-corrected chi connectivity index (χ3v) is 1.23. The highest BCUT2D eigenvalue weighted by Gasteiger charge is 2.28. The zero-order chi connectivity index (χ0) is 8.32. The van der Waals surface area contributed by atoms with Gasteiger partial charge in [0.1, 0.15) is 0 Å². The summed E-state index contributed by atoms with van der Waals surface area (Å²) in [6.45, 7) is 2.13. The molecule has 1 aliphatic heterocycles. The molecule has 0 radical (unpaired) electrons. The van der Waals surface area contributed by atoms with Gasteiger partial charge in [0.25, 0.3) is 0 Å². The van der Waals surface area contributed by atoms with Crippen LogP contribution in [-0.2, 0) is 9.47 Å². The molecule has 66 valence electrons. The average Bonchev–Trinajstić information content (AvgIpc) is 1.85. The van der Waals surface area contributed by atoms with Crippen LogP contribution in [0.3, 0.4) is 0 Å². The van der Waals surface area contributed by atoms with Crippen LogP contribution in [0.2, 0.25) is 0 Å². The van der Waals surface area contributed by atoms with E-state index >= 15 is 0 Å². The van der Waals surface area contributed by atoms with Crippen molar-refractivity contribution in [3.05, 3.63) is 0 Å². The summed E-state index contributed by atoms with van der Waals surface area (Å²) in [6, 6.07) is 0. The Balaban J connectivity index is 2.24. The van der Waals surface area contributed by atoms with Gasteiger partial charge in [-0.25, -0.2) is 0 Å². The van der Waals surface area contributed by atoms with Crippen molar-refractivity contribution in [3.8, 4) is 0 Å². The first-order chi connectivity index (χ1) is 5.08. The van der Waals surface area contributed by atoms with Crippen LogP contribution in [0, 0.1) is 0 Å². The van der Waals surface area contributed by atoms with Crippen LogP contribution in [-0.4, -0.2) is 32.1 Å². The van der Waals surface area contributed by atoms with E-state index in [0.717, 1.165) is 0 Å². The van der Waals surface area contributed by atoms with Crippen LogP contribution in [0.1, 0.15) is 6.92 Å². The molecule has 1 heterocycles. The maximum Gasteiger partial charge on any atom is 0.355 e. The Morgan fingerprint density at radius 2 is 2.36 bits per heavy atom. The topological polar surface area (TPSA) is 30.5 Å². The van der Waals surface area contributed by atoms with E-state index in [-0.39, 0.29) is 0 Å². The Labute approximate surface area is 63.7 Å². The predicted molar refractivity (Wildman–Crippen MR) is 34.3 cm³/mol. The van der Waals surface area contributed by atoms with Crippen LogP contribution < -0.4 is 5.32 Å². The summed E-state index contributed by atoms with van der Waals surface area (Å²) in [7, 11) is 0. The number of morpholine rings is 1. The fourth-order valence-electron chi connectivity index (χ4n) is 0.848. The number of halogens is 2. The van der Waals surface area contributed by atoms with Gasteiger partial charge < -0.3 is 10.1 Å². The zero-order valence-electron chi connectivity index (χ0n) is 6.27. The maximum atomic E-state index is 12.2. The first kappa shape index (κ1) is 8.83. The minimum Gasteiger partial charge on any atom is -0.350 e. The molecule has 1 N–H and O–H groups in total. The molecule has 0 saturated carbocycles. The lowest BCUT2D eigenvalue weighted by Gasteiger charge is -2.25. The highest BCUT2D eigenvalue weighted by molar-refractivity contribution is 4.59. The first-order valence-corrected chi connectivity index (χ1v) is 3.46. The van der Waals surface area contributed by atoms with E-state index in [1.165, 1.54) is 0 Å². The van der Waals surface area contributed by atoms with Crippen LogP contribution in [0.5, 0.6) is 0 Å². The summed E-state index contributed by atoms with van der Waals surface area (Å²) in [5.74, 6) is 0. The summed E-state index contributed by atoms with van der Waals surface area (Å²) in [5.41, 5.74) is 0. The Hall–Kier alpha value is -0.260. The summed E-state index contributed by atoms with van der Waals surface area (Å²) in [4.78, 5) is 0. The molecule has 3 nitrogen and oxygen atoms in total. The van der Waals surface area contributed by atoms with E-state index in [9.17, 15) is 8.78 Å². The minimum atomic E-state index is -3.11. The van der Waals surface area contributed by atoms with Crippen LogP contribution >= 0.6 is 0 Å². The summed E-state index contributed by atoms with van der Waals surface area (Å²) < 4.78 is 33.5. The quantitative estimate of drug-likeness (QED) is 0.652. The van der Waals surface area contributed by atoms with E-state index in [0.29, 0.717) is 26.6 Å². The van der Waals surface area contributed by atoms with Crippen molar-refractivity contribution in [3.63, 3.8) is 0 Å². The van der Waals surface area contributed by atoms with Crippen molar-refractivity contribution < 1.29 is 18.3 Å². The molecule has 0 bridgehead atoms. The lowest BCUT2D eigenvalue weighted by atomic mass is 10.5.